The van der Waals surface area contributed by atoms with Crippen molar-refractivity contribution in [2.24, 2.45) is 5.92 Å². The fourth-order valence-electron chi connectivity index (χ4n) is 1.85. The Hall–Kier alpha value is -0.750. The van der Waals surface area contributed by atoms with Gasteiger partial charge in [0.05, 0.1) is 13.0 Å². The minimum absolute atomic E-state index is 0.0603. The first-order valence-electron chi connectivity index (χ1n) is 5.78. The Balaban J connectivity index is 2.34. The van der Waals surface area contributed by atoms with E-state index in [1.165, 1.54) is 0 Å². The molecule has 2 unspecified atom stereocenters. The molecule has 0 saturated carbocycles. The van der Waals surface area contributed by atoms with Crippen LogP contribution in [0.25, 0.3) is 0 Å². The highest BCUT2D eigenvalue weighted by Crippen LogP contribution is 2.30. The SMILES string of the molecule is CC(C)CC(CO)NCC1CC(F)(F)C(=O)O1. The van der Waals surface area contributed by atoms with Gasteiger partial charge in [-0.15, -0.1) is 0 Å². The summed E-state index contributed by atoms with van der Waals surface area (Å²) in [5, 5.41) is 12.0. The summed E-state index contributed by atoms with van der Waals surface area (Å²) in [7, 11) is 0. The number of rotatable bonds is 6. The summed E-state index contributed by atoms with van der Waals surface area (Å²) in [4.78, 5) is 10.7. The topological polar surface area (TPSA) is 58.6 Å². The van der Waals surface area contributed by atoms with E-state index in [4.69, 9.17) is 5.11 Å². The van der Waals surface area contributed by atoms with E-state index in [0.29, 0.717) is 5.92 Å². The van der Waals surface area contributed by atoms with Gasteiger partial charge in [-0.2, -0.15) is 8.78 Å². The van der Waals surface area contributed by atoms with Crippen molar-refractivity contribution in [2.45, 2.75) is 44.8 Å². The highest BCUT2D eigenvalue weighted by Gasteiger charge is 2.50. The number of halogens is 2. The molecule has 1 rings (SSSR count). The first kappa shape index (κ1) is 14.3. The maximum atomic E-state index is 12.9. The quantitative estimate of drug-likeness (QED) is 0.690. The number of carbonyl (C=O) groups is 1. The molecule has 0 aromatic heterocycles. The highest BCUT2D eigenvalue weighted by molar-refractivity contribution is 5.79. The standard InChI is InChI=1S/C11H19F2NO3/c1-7(2)3-8(6-15)14-5-9-4-11(12,13)10(16)17-9/h7-9,14-15H,3-6H2,1-2H3. The Bertz CT molecular complexity index is 271. The van der Waals surface area contributed by atoms with Gasteiger partial charge in [-0.25, -0.2) is 4.79 Å². The molecule has 0 amide bonds. The maximum Gasteiger partial charge on any atom is 0.377 e. The Labute approximate surface area is 99.3 Å². The summed E-state index contributed by atoms with van der Waals surface area (Å²) in [6.45, 7) is 4.11. The van der Waals surface area contributed by atoms with Gasteiger partial charge in [0.15, 0.2) is 0 Å². The molecule has 0 radical (unpaired) electrons. The lowest BCUT2D eigenvalue weighted by Crippen LogP contribution is -2.38. The summed E-state index contributed by atoms with van der Waals surface area (Å²) in [5.74, 6) is -4.42. The minimum atomic E-state index is -3.36. The lowest BCUT2D eigenvalue weighted by molar-refractivity contribution is -0.159. The number of aliphatic hydroxyl groups is 1. The molecule has 0 spiro atoms. The molecule has 1 aliphatic heterocycles. The van der Waals surface area contributed by atoms with Gasteiger partial charge in [-0.1, -0.05) is 13.8 Å². The van der Waals surface area contributed by atoms with Crippen molar-refractivity contribution in [3.8, 4) is 0 Å². The Morgan fingerprint density at radius 3 is 2.65 bits per heavy atom. The number of hydrogen-bond acceptors (Lipinski definition) is 4. The Kier molecular flexibility index (Phi) is 4.82. The first-order chi connectivity index (χ1) is 7.85. The average molecular weight is 251 g/mol. The van der Waals surface area contributed by atoms with Gasteiger partial charge in [0, 0.05) is 12.6 Å². The highest BCUT2D eigenvalue weighted by atomic mass is 19.3. The molecule has 2 atom stereocenters. The smallest absolute Gasteiger partial charge is 0.377 e. The number of cyclic esters (lactones) is 1. The van der Waals surface area contributed by atoms with E-state index in [2.05, 4.69) is 10.1 Å². The third-order valence-corrected chi connectivity index (χ3v) is 2.67. The van der Waals surface area contributed by atoms with Crippen LogP contribution in [0.4, 0.5) is 8.78 Å². The molecule has 0 bridgehead atoms. The average Bonchev–Trinajstić information content (AvgIpc) is 2.47. The van der Waals surface area contributed by atoms with Gasteiger partial charge in [0.1, 0.15) is 6.10 Å². The van der Waals surface area contributed by atoms with Crippen LogP contribution in [0.15, 0.2) is 0 Å². The molecule has 17 heavy (non-hydrogen) atoms. The number of esters is 1. The van der Waals surface area contributed by atoms with Gasteiger partial charge in [0.2, 0.25) is 0 Å². The van der Waals surface area contributed by atoms with Crippen LogP contribution in [-0.4, -0.2) is 42.3 Å². The van der Waals surface area contributed by atoms with Crippen molar-refractivity contribution in [3.63, 3.8) is 0 Å². The predicted molar refractivity (Wildman–Crippen MR) is 57.8 cm³/mol. The van der Waals surface area contributed by atoms with Crippen LogP contribution in [-0.2, 0) is 9.53 Å². The first-order valence-corrected chi connectivity index (χ1v) is 5.78. The molecular formula is C11H19F2NO3. The van der Waals surface area contributed by atoms with E-state index in [1.54, 1.807) is 0 Å². The molecule has 0 aromatic rings. The number of carbonyl (C=O) groups excluding carboxylic acids is 1. The summed E-state index contributed by atoms with van der Waals surface area (Å²) in [6, 6.07) is -0.150. The fraction of sp³-hybridized carbons (Fsp3) is 0.909. The number of alkyl halides is 2. The lowest BCUT2D eigenvalue weighted by atomic mass is 10.0. The molecule has 2 N–H and O–H groups in total. The third kappa shape index (κ3) is 4.20. The molecule has 1 fully saturated rings. The molecule has 6 heteroatoms. The van der Waals surface area contributed by atoms with Crippen LogP contribution in [0.2, 0.25) is 0 Å². The van der Waals surface area contributed by atoms with Gasteiger partial charge in [-0.3, -0.25) is 0 Å². The second-order valence-corrected chi connectivity index (χ2v) is 4.85. The molecule has 0 aromatic carbocycles. The number of hydrogen-bond donors (Lipinski definition) is 2. The second kappa shape index (κ2) is 5.73. The zero-order valence-electron chi connectivity index (χ0n) is 10.1. The Morgan fingerprint density at radius 2 is 2.24 bits per heavy atom. The molecule has 0 aliphatic carbocycles. The van der Waals surface area contributed by atoms with Crippen molar-refractivity contribution in [3.05, 3.63) is 0 Å². The van der Waals surface area contributed by atoms with E-state index in [1.807, 2.05) is 13.8 Å². The van der Waals surface area contributed by atoms with Crippen molar-refractivity contribution in [1.82, 2.24) is 5.32 Å². The monoisotopic (exact) mass is 251 g/mol. The molecule has 1 aliphatic rings. The zero-order valence-corrected chi connectivity index (χ0v) is 10.1. The summed E-state index contributed by atoms with van der Waals surface area (Å²) in [5.41, 5.74) is 0. The van der Waals surface area contributed by atoms with E-state index in [-0.39, 0.29) is 19.2 Å². The molecule has 4 nitrogen and oxygen atoms in total. The summed E-state index contributed by atoms with van der Waals surface area (Å²) < 4.78 is 30.2. The van der Waals surface area contributed by atoms with Crippen LogP contribution in [0.5, 0.6) is 0 Å². The normalized spacial score (nSPS) is 25.1. The largest absolute Gasteiger partial charge is 0.456 e. The number of ether oxygens (including phenoxy) is 1. The second-order valence-electron chi connectivity index (χ2n) is 4.85. The third-order valence-electron chi connectivity index (χ3n) is 2.67. The van der Waals surface area contributed by atoms with E-state index in [9.17, 15) is 13.6 Å². The van der Waals surface area contributed by atoms with Crippen LogP contribution < -0.4 is 5.32 Å². The lowest BCUT2D eigenvalue weighted by Gasteiger charge is -2.19. The fourth-order valence-corrected chi connectivity index (χ4v) is 1.85. The Morgan fingerprint density at radius 1 is 1.59 bits per heavy atom. The van der Waals surface area contributed by atoms with E-state index < -0.39 is 24.4 Å². The predicted octanol–water partition coefficient (Wildman–Crippen LogP) is 0.934. The van der Waals surface area contributed by atoms with E-state index in [0.717, 1.165) is 6.42 Å². The number of aliphatic hydroxyl groups excluding tert-OH is 1. The van der Waals surface area contributed by atoms with Crippen molar-refractivity contribution < 1.29 is 23.4 Å². The molecule has 100 valence electrons. The van der Waals surface area contributed by atoms with Crippen molar-refractivity contribution in [1.29, 1.82) is 0 Å². The molecule has 1 heterocycles. The molecular weight excluding hydrogens is 232 g/mol. The maximum absolute atomic E-state index is 12.9. The van der Waals surface area contributed by atoms with Crippen LogP contribution >= 0.6 is 0 Å². The van der Waals surface area contributed by atoms with Crippen LogP contribution in [0.1, 0.15) is 26.7 Å². The minimum Gasteiger partial charge on any atom is -0.456 e. The molecule has 1 saturated heterocycles. The van der Waals surface area contributed by atoms with Gasteiger partial charge >= 0.3 is 11.9 Å². The number of nitrogens with one attached hydrogen (secondary N) is 1. The van der Waals surface area contributed by atoms with Gasteiger partial charge in [0.25, 0.3) is 0 Å². The van der Waals surface area contributed by atoms with Crippen LogP contribution in [0.3, 0.4) is 0 Å². The summed E-state index contributed by atoms with van der Waals surface area (Å²) >= 11 is 0. The van der Waals surface area contributed by atoms with Crippen molar-refractivity contribution in [2.75, 3.05) is 13.2 Å². The van der Waals surface area contributed by atoms with Gasteiger partial charge in [-0.05, 0) is 12.3 Å². The zero-order chi connectivity index (χ0) is 13.1. The van der Waals surface area contributed by atoms with Crippen LogP contribution in [0, 0.1) is 5.92 Å². The van der Waals surface area contributed by atoms with E-state index >= 15 is 0 Å². The van der Waals surface area contributed by atoms with Gasteiger partial charge < -0.3 is 15.2 Å². The van der Waals surface area contributed by atoms with Crippen molar-refractivity contribution >= 4 is 5.97 Å². The summed E-state index contributed by atoms with van der Waals surface area (Å²) in [6.07, 6.45) is -0.648.